The van der Waals surface area contributed by atoms with E-state index in [4.69, 9.17) is 0 Å². The molecule has 2 rings (SSSR count). The fourth-order valence-corrected chi connectivity index (χ4v) is 2.35. The van der Waals surface area contributed by atoms with E-state index in [1.54, 1.807) is 0 Å². The van der Waals surface area contributed by atoms with Crippen molar-refractivity contribution in [2.45, 2.75) is 25.3 Å². The van der Waals surface area contributed by atoms with Gasteiger partial charge in [0.2, 0.25) is 5.91 Å². The molecular weight excluding hydrogens is 262 g/mol. The van der Waals surface area contributed by atoms with Crippen LogP contribution in [0.15, 0.2) is 60.7 Å². The van der Waals surface area contributed by atoms with E-state index in [2.05, 4.69) is 5.32 Å². The molecule has 3 heteroatoms. The predicted octanol–water partition coefficient (Wildman–Crippen LogP) is 2.34. The summed E-state index contributed by atoms with van der Waals surface area (Å²) in [6, 6.07) is 19.5. The van der Waals surface area contributed by atoms with Gasteiger partial charge in [-0.2, -0.15) is 0 Å². The molecule has 0 saturated heterocycles. The molecule has 2 N–H and O–H groups in total. The van der Waals surface area contributed by atoms with E-state index in [-0.39, 0.29) is 12.5 Å². The van der Waals surface area contributed by atoms with Crippen molar-refractivity contribution in [3.63, 3.8) is 0 Å². The standard InChI is InChI=1S/C18H21NO2/c1-18(14-20,13-16-10-6-3-7-11-16)19-17(21)12-15-8-4-2-5-9-15/h2-11,20H,12-14H2,1H3,(H,19,21)/t18-/m0/s1. The molecule has 1 atom stereocenters. The minimum atomic E-state index is -0.646. The fourth-order valence-electron chi connectivity index (χ4n) is 2.35. The first-order valence-electron chi connectivity index (χ1n) is 7.11. The Morgan fingerprint density at radius 1 is 1.00 bits per heavy atom. The lowest BCUT2D eigenvalue weighted by Gasteiger charge is -2.29. The smallest absolute Gasteiger partial charge is 0.224 e. The number of benzene rings is 2. The maximum Gasteiger partial charge on any atom is 0.224 e. The van der Waals surface area contributed by atoms with Crippen LogP contribution in [0.1, 0.15) is 18.1 Å². The van der Waals surface area contributed by atoms with Gasteiger partial charge in [0.15, 0.2) is 0 Å². The Balaban J connectivity index is 1.99. The first kappa shape index (κ1) is 15.3. The van der Waals surface area contributed by atoms with E-state index in [1.165, 1.54) is 0 Å². The van der Waals surface area contributed by atoms with Crippen molar-refractivity contribution in [3.8, 4) is 0 Å². The third-order valence-corrected chi connectivity index (χ3v) is 3.43. The Kier molecular flexibility index (Phi) is 5.12. The highest BCUT2D eigenvalue weighted by molar-refractivity contribution is 5.79. The maximum absolute atomic E-state index is 12.2. The Morgan fingerprint density at radius 2 is 1.52 bits per heavy atom. The van der Waals surface area contributed by atoms with Crippen LogP contribution in [0.25, 0.3) is 0 Å². The molecule has 0 unspecified atom stereocenters. The Bertz CT molecular complexity index is 568. The molecule has 2 aromatic rings. The molecule has 0 heterocycles. The molecule has 0 aliphatic heterocycles. The third kappa shape index (κ3) is 4.72. The van der Waals surface area contributed by atoms with Crippen LogP contribution in [0, 0.1) is 0 Å². The number of aliphatic hydroxyl groups excluding tert-OH is 1. The monoisotopic (exact) mass is 283 g/mol. The van der Waals surface area contributed by atoms with Crippen LogP contribution in [0.4, 0.5) is 0 Å². The number of hydrogen-bond acceptors (Lipinski definition) is 2. The highest BCUT2D eigenvalue weighted by Gasteiger charge is 2.25. The van der Waals surface area contributed by atoms with E-state index >= 15 is 0 Å². The first-order valence-corrected chi connectivity index (χ1v) is 7.11. The van der Waals surface area contributed by atoms with Crippen LogP contribution in [-0.2, 0) is 17.6 Å². The third-order valence-electron chi connectivity index (χ3n) is 3.43. The minimum Gasteiger partial charge on any atom is -0.394 e. The van der Waals surface area contributed by atoms with Gasteiger partial charge in [0, 0.05) is 0 Å². The molecule has 0 aromatic heterocycles. The topological polar surface area (TPSA) is 49.3 Å². The number of rotatable bonds is 6. The molecule has 0 aliphatic rings. The molecule has 0 bridgehead atoms. The van der Waals surface area contributed by atoms with Crippen LogP contribution >= 0.6 is 0 Å². The zero-order chi connectivity index (χ0) is 15.1. The molecule has 0 spiro atoms. The van der Waals surface area contributed by atoms with Gasteiger partial charge in [-0.25, -0.2) is 0 Å². The van der Waals surface area contributed by atoms with Crippen molar-refractivity contribution in [2.24, 2.45) is 0 Å². The zero-order valence-electron chi connectivity index (χ0n) is 12.3. The van der Waals surface area contributed by atoms with Gasteiger partial charge in [-0.15, -0.1) is 0 Å². The van der Waals surface area contributed by atoms with Crippen molar-refractivity contribution in [1.82, 2.24) is 5.32 Å². The summed E-state index contributed by atoms with van der Waals surface area (Å²) in [5.41, 5.74) is 1.41. The van der Waals surface area contributed by atoms with Gasteiger partial charge in [-0.1, -0.05) is 60.7 Å². The van der Waals surface area contributed by atoms with Gasteiger partial charge < -0.3 is 10.4 Å². The first-order chi connectivity index (χ1) is 10.1. The molecule has 0 radical (unpaired) electrons. The molecule has 0 saturated carbocycles. The van der Waals surface area contributed by atoms with Crippen molar-refractivity contribution >= 4 is 5.91 Å². The maximum atomic E-state index is 12.2. The van der Waals surface area contributed by atoms with E-state index in [0.717, 1.165) is 11.1 Å². The SMILES string of the molecule is C[C@@](CO)(Cc1ccccc1)NC(=O)Cc1ccccc1. The Hall–Kier alpha value is -2.13. The lowest BCUT2D eigenvalue weighted by Crippen LogP contribution is -2.51. The van der Waals surface area contributed by atoms with E-state index in [9.17, 15) is 9.90 Å². The highest BCUT2D eigenvalue weighted by Crippen LogP contribution is 2.13. The lowest BCUT2D eigenvalue weighted by molar-refractivity contribution is -0.122. The molecular formula is C18H21NO2. The van der Waals surface area contributed by atoms with Crippen LogP contribution in [-0.4, -0.2) is 23.2 Å². The summed E-state index contributed by atoms with van der Waals surface area (Å²) in [6.07, 6.45) is 0.927. The molecule has 2 aromatic carbocycles. The summed E-state index contributed by atoms with van der Waals surface area (Å²) in [5, 5.41) is 12.6. The Morgan fingerprint density at radius 3 is 2.05 bits per heavy atom. The van der Waals surface area contributed by atoms with Gasteiger partial charge in [-0.05, 0) is 24.5 Å². The number of aliphatic hydroxyl groups is 1. The normalized spacial score (nSPS) is 13.4. The second-order valence-electron chi connectivity index (χ2n) is 5.59. The van der Waals surface area contributed by atoms with Gasteiger partial charge in [0.25, 0.3) is 0 Å². The fraction of sp³-hybridized carbons (Fsp3) is 0.278. The summed E-state index contributed by atoms with van der Waals surface area (Å²) in [4.78, 5) is 12.2. The number of hydrogen-bond donors (Lipinski definition) is 2. The lowest BCUT2D eigenvalue weighted by atomic mass is 9.93. The quantitative estimate of drug-likeness (QED) is 0.855. The zero-order valence-corrected chi connectivity index (χ0v) is 12.3. The van der Waals surface area contributed by atoms with Crippen molar-refractivity contribution < 1.29 is 9.90 Å². The van der Waals surface area contributed by atoms with Crippen LogP contribution in [0.3, 0.4) is 0 Å². The van der Waals surface area contributed by atoms with Crippen molar-refractivity contribution in [3.05, 3.63) is 71.8 Å². The average Bonchev–Trinajstić information content (AvgIpc) is 2.49. The largest absolute Gasteiger partial charge is 0.394 e. The van der Waals surface area contributed by atoms with E-state index < -0.39 is 5.54 Å². The van der Waals surface area contributed by atoms with Crippen LogP contribution in [0.2, 0.25) is 0 Å². The van der Waals surface area contributed by atoms with E-state index in [0.29, 0.717) is 12.8 Å². The van der Waals surface area contributed by atoms with Crippen molar-refractivity contribution in [1.29, 1.82) is 0 Å². The Labute approximate surface area is 125 Å². The second-order valence-corrected chi connectivity index (χ2v) is 5.59. The summed E-state index contributed by atoms with van der Waals surface area (Å²) in [7, 11) is 0. The van der Waals surface area contributed by atoms with Crippen LogP contribution < -0.4 is 5.32 Å². The summed E-state index contributed by atoms with van der Waals surface area (Å²) in [6.45, 7) is 1.77. The molecule has 21 heavy (non-hydrogen) atoms. The molecule has 0 fully saturated rings. The van der Waals surface area contributed by atoms with Gasteiger partial charge >= 0.3 is 0 Å². The summed E-state index contributed by atoms with van der Waals surface area (Å²) >= 11 is 0. The second kappa shape index (κ2) is 7.04. The van der Waals surface area contributed by atoms with Gasteiger partial charge in [0.05, 0.1) is 18.6 Å². The van der Waals surface area contributed by atoms with Gasteiger partial charge in [-0.3, -0.25) is 4.79 Å². The number of amides is 1. The number of carbonyl (C=O) groups is 1. The number of nitrogens with one attached hydrogen (secondary N) is 1. The predicted molar refractivity (Wildman–Crippen MR) is 83.9 cm³/mol. The van der Waals surface area contributed by atoms with Crippen LogP contribution in [0.5, 0.6) is 0 Å². The van der Waals surface area contributed by atoms with Gasteiger partial charge in [0.1, 0.15) is 0 Å². The number of carbonyl (C=O) groups excluding carboxylic acids is 1. The summed E-state index contributed by atoms with van der Waals surface area (Å²) < 4.78 is 0. The van der Waals surface area contributed by atoms with E-state index in [1.807, 2.05) is 67.6 Å². The summed E-state index contributed by atoms with van der Waals surface area (Å²) in [5.74, 6) is -0.0753. The molecule has 110 valence electrons. The van der Waals surface area contributed by atoms with Crippen molar-refractivity contribution in [2.75, 3.05) is 6.61 Å². The average molecular weight is 283 g/mol. The minimum absolute atomic E-state index is 0.0753. The molecule has 0 aliphatic carbocycles. The highest BCUT2D eigenvalue weighted by atomic mass is 16.3. The molecule has 3 nitrogen and oxygen atoms in total. The molecule has 1 amide bonds.